The first-order valence-corrected chi connectivity index (χ1v) is 19.5. The minimum atomic E-state index is -4.31. The predicted molar refractivity (Wildman–Crippen MR) is 194 cm³/mol. The Bertz CT molecular complexity index is 897. The Morgan fingerprint density at radius 2 is 1.28 bits per heavy atom. The van der Waals surface area contributed by atoms with Crippen LogP contribution in [0.3, 0.4) is 0 Å². The van der Waals surface area contributed by atoms with E-state index in [2.05, 4.69) is 48.7 Å². The lowest BCUT2D eigenvalue weighted by Gasteiger charge is -2.25. The number of carbonyl (C=O) groups excluding carboxylic acids is 1. The lowest BCUT2D eigenvalue weighted by Crippen LogP contribution is -2.45. The summed E-state index contributed by atoms with van der Waals surface area (Å²) < 4.78 is 23.1. The summed E-state index contributed by atoms with van der Waals surface area (Å²) in [5.41, 5.74) is 0. The van der Waals surface area contributed by atoms with E-state index in [-0.39, 0.29) is 19.1 Å². The van der Waals surface area contributed by atoms with Crippen molar-refractivity contribution in [2.45, 2.75) is 142 Å². The van der Waals surface area contributed by atoms with Crippen molar-refractivity contribution in [2.24, 2.45) is 0 Å². The van der Waals surface area contributed by atoms with Crippen molar-refractivity contribution >= 4 is 13.7 Å². The van der Waals surface area contributed by atoms with Gasteiger partial charge >= 0.3 is 7.82 Å². The third kappa shape index (κ3) is 31.1. The summed E-state index contributed by atoms with van der Waals surface area (Å²) in [7, 11) is 1.54. The first kappa shape index (κ1) is 44.5. The average Bonchev–Trinajstić information content (AvgIpc) is 2.99. The van der Waals surface area contributed by atoms with Crippen molar-refractivity contribution in [3.8, 4) is 0 Å². The number of phosphoric ester groups is 1. The van der Waals surface area contributed by atoms with Crippen LogP contribution in [0, 0.1) is 0 Å². The Balaban J connectivity index is 4.14. The molecule has 3 N–H and O–H groups in total. The van der Waals surface area contributed by atoms with E-state index in [9.17, 15) is 19.4 Å². The van der Waals surface area contributed by atoms with E-state index in [1.54, 1.807) is 6.08 Å². The Morgan fingerprint density at radius 1 is 0.739 bits per heavy atom. The van der Waals surface area contributed by atoms with Crippen molar-refractivity contribution in [2.75, 3.05) is 40.9 Å². The lowest BCUT2D eigenvalue weighted by molar-refractivity contribution is -0.870. The highest BCUT2D eigenvalue weighted by molar-refractivity contribution is 7.47. The number of allylic oxidation sites excluding steroid dienone is 7. The molecule has 0 radical (unpaired) electrons. The first-order valence-electron chi connectivity index (χ1n) is 18.0. The highest BCUT2D eigenvalue weighted by atomic mass is 31.2. The summed E-state index contributed by atoms with van der Waals surface area (Å²) >= 11 is 0. The van der Waals surface area contributed by atoms with Crippen LogP contribution in [0.4, 0.5) is 0 Å². The third-order valence-electron chi connectivity index (χ3n) is 7.52. The van der Waals surface area contributed by atoms with Gasteiger partial charge in [0.1, 0.15) is 13.2 Å². The highest BCUT2D eigenvalue weighted by Gasteiger charge is 2.27. The second-order valence-electron chi connectivity index (χ2n) is 13.2. The zero-order valence-electron chi connectivity index (χ0n) is 30.0. The number of quaternary nitrogens is 1. The van der Waals surface area contributed by atoms with E-state index in [0.717, 1.165) is 57.8 Å². The maximum absolute atomic E-state index is 12.6. The summed E-state index contributed by atoms with van der Waals surface area (Å²) in [6, 6.07) is -0.849. The molecule has 0 saturated heterocycles. The summed E-state index contributed by atoms with van der Waals surface area (Å²) in [5.74, 6) is -0.205. The molecule has 0 spiro atoms. The van der Waals surface area contributed by atoms with Gasteiger partial charge in [0.15, 0.2) is 0 Å². The van der Waals surface area contributed by atoms with Crippen LogP contribution in [-0.4, -0.2) is 73.4 Å². The molecule has 0 aliphatic rings. The Kier molecular flexibility index (Phi) is 28.6. The number of nitrogens with one attached hydrogen (secondary N) is 1. The van der Waals surface area contributed by atoms with Crippen molar-refractivity contribution < 1.29 is 32.9 Å². The van der Waals surface area contributed by atoms with Crippen LogP contribution >= 0.6 is 7.82 Å². The number of likely N-dealkylation sites (N-methyl/N-ethyl adjacent to an activating group) is 1. The average molecular weight is 670 g/mol. The number of nitrogens with zero attached hydrogens (tertiary/aromatic N) is 1. The lowest BCUT2D eigenvalue weighted by atomic mass is 10.1. The molecule has 0 fully saturated rings. The number of aliphatic hydroxyl groups is 1. The van der Waals surface area contributed by atoms with Crippen molar-refractivity contribution in [3.05, 3.63) is 48.6 Å². The largest absolute Gasteiger partial charge is 0.472 e. The number of aliphatic hydroxyl groups excluding tert-OH is 1. The molecule has 3 unspecified atom stereocenters. The van der Waals surface area contributed by atoms with Gasteiger partial charge in [-0.25, -0.2) is 4.57 Å². The maximum atomic E-state index is 12.6. The molecule has 0 rings (SSSR count). The van der Waals surface area contributed by atoms with Crippen LogP contribution in [0.25, 0.3) is 0 Å². The van der Waals surface area contributed by atoms with Gasteiger partial charge in [-0.1, -0.05) is 120 Å². The molecule has 3 atom stereocenters. The molecule has 0 bridgehead atoms. The van der Waals surface area contributed by atoms with Crippen LogP contribution in [0.2, 0.25) is 0 Å². The molecule has 268 valence electrons. The summed E-state index contributed by atoms with van der Waals surface area (Å²) in [4.78, 5) is 22.7. The third-order valence-corrected chi connectivity index (χ3v) is 8.51. The Labute approximate surface area is 282 Å². The minimum absolute atomic E-state index is 0.0548. The van der Waals surface area contributed by atoms with Gasteiger partial charge in [0.25, 0.3) is 0 Å². The Morgan fingerprint density at radius 3 is 1.85 bits per heavy atom. The fraction of sp³-hybridized carbons (Fsp3) is 0.757. The summed E-state index contributed by atoms with van der Waals surface area (Å²) in [6.07, 6.45) is 35.4. The van der Waals surface area contributed by atoms with E-state index in [4.69, 9.17) is 9.05 Å². The van der Waals surface area contributed by atoms with Gasteiger partial charge in [-0.2, -0.15) is 0 Å². The van der Waals surface area contributed by atoms with E-state index in [1.807, 2.05) is 34.1 Å². The molecule has 0 aliphatic carbocycles. The van der Waals surface area contributed by atoms with E-state index >= 15 is 0 Å². The molecule has 1 amide bonds. The number of rotatable bonds is 31. The quantitative estimate of drug-likeness (QED) is 0.0295. The molecular weight excluding hydrogens is 599 g/mol. The smallest absolute Gasteiger partial charge is 0.387 e. The van der Waals surface area contributed by atoms with Gasteiger partial charge in [0.05, 0.1) is 39.9 Å². The number of phosphoric acid groups is 1. The molecule has 9 heteroatoms. The van der Waals surface area contributed by atoms with Gasteiger partial charge < -0.3 is 19.8 Å². The standard InChI is InChI=1S/C37H69N2O6P/c1-6-8-10-11-12-13-14-15-16-17-18-19-20-21-22-23-24-25-26-27-29-31-37(41)38-35(36(40)30-28-9-7-2)34-45-46(42,43)44-33-32-39(3,4)5/h14-15,17-18,20-21,28,30,35-36,40H,6-13,16,19,22-27,29,31-34H2,1-5H3,(H-,38,41,42,43)/p+1/b15-14-,18-17-,21-20-,30-28+. The molecule has 0 aromatic rings. The van der Waals surface area contributed by atoms with Crippen molar-refractivity contribution in [3.63, 3.8) is 0 Å². The number of hydrogen-bond donors (Lipinski definition) is 3. The molecule has 0 heterocycles. The van der Waals surface area contributed by atoms with E-state index in [0.29, 0.717) is 17.4 Å². The fourth-order valence-corrected chi connectivity index (χ4v) is 5.32. The number of carbonyl (C=O) groups is 1. The number of hydrogen-bond acceptors (Lipinski definition) is 5. The molecule has 46 heavy (non-hydrogen) atoms. The second-order valence-corrected chi connectivity index (χ2v) is 14.7. The van der Waals surface area contributed by atoms with Gasteiger partial charge in [0.2, 0.25) is 5.91 Å². The van der Waals surface area contributed by atoms with Crippen LogP contribution in [0.1, 0.15) is 129 Å². The second kappa shape index (κ2) is 29.6. The van der Waals surface area contributed by atoms with Crippen LogP contribution in [0.5, 0.6) is 0 Å². The predicted octanol–water partition coefficient (Wildman–Crippen LogP) is 8.96. The van der Waals surface area contributed by atoms with Crippen molar-refractivity contribution in [1.82, 2.24) is 5.32 Å². The molecule has 0 aromatic heterocycles. The van der Waals surface area contributed by atoms with Crippen LogP contribution < -0.4 is 5.32 Å². The van der Waals surface area contributed by atoms with Gasteiger partial charge in [-0.15, -0.1) is 0 Å². The van der Waals surface area contributed by atoms with Gasteiger partial charge in [0, 0.05) is 6.42 Å². The van der Waals surface area contributed by atoms with E-state index < -0.39 is 20.0 Å². The zero-order chi connectivity index (χ0) is 34.4. The normalized spacial score (nSPS) is 15.4. The molecule has 8 nitrogen and oxygen atoms in total. The molecule has 0 aliphatic heterocycles. The first-order chi connectivity index (χ1) is 22.0. The maximum Gasteiger partial charge on any atom is 0.472 e. The van der Waals surface area contributed by atoms with Crippen LogP contribution in [-0.2, 0) is 18.4 Å². The number of amides is 1. The Hall–Kier alpha value is -1.54. The van der Waals surface area contributed by atoms with Gasteiger partial charge in [-0.3, -0.25) is 13.8 Å². The molecule has 0 saturated carbocycles. The zero-order valence-corrected chi connectivity index (χ0v) is 30.9. The van der Waals surface area contributed by atoms with Crippen molar-refractivity contribution in [1.29, 1.82) is 0 Å². The summed E-state index contributed by atoms with van der Waals surface area (Å²) in [6.45, 7) is 4.54. The highest BCUT2D eigenvalue weighted by Crippen LogP contribution is 2.43. The fourth-order valence-electron chi connectivity index (χ4n) is 4.58. The topological polar surface area (TPSA) is 105 Å². The SMILES string of the molecule is CCC/C=C/C(O)C(COP(=O)(O)OCC[N+](C)(C)C)NC(=O)CCCCCCCC/C=C\C/C=C\C/C=C\CCCCCCC. The summed E-state index contributed by atoms with van der Waals surface area (Å²) in [5, 5.41) is 13.4. The van der Waals surface area contributed by atoms with Gasteiger partial charge in [-0.05, 0) is 51.4 Å². The number of unbranched alkanes of at least 4 members (excludes halogenated alkanes) is 12. The van der Waals surface area contributed by atoms with E-state index in [1.165, 1.54) is 51.4 Å². The monoisotopic (exact) mass is 669 g/mol. The minimum Gasteiger partial charge on any atom is -0.387 e. The molecular formula is C37H70N2O6P+. The van der Waals surface area contributed by atoms with Crippen LogP contribution in [0.15, 0.2) is 48.6 Å². The molecule has 0 aromatic carbocycles.